The average molecular weight is 597 g/mol. The zero-order valence-electron chi connectivity index (χ0n) is 24.2. The van der Waals surface area contributed by atoms with E-state index in [1.807, 2.05) is 18.2 Å². The number of nitrogens with zero attached hydrogens (tertiary/aromatic N) is 5. The normalized spacial score (nSPS) is 25.0. The second-order valence-electron chi connectivity index (χ2n) is 12.4. The van der Waals surface area contributed by atoms with Crippen LogP contribution in [0.1, 0.15) is 47.2 Å². The maximum atomic E-state index is 13.9. The highest BCUT2D eigenvalue weighted by Gasteiger charge is 2.47. The Bertz CT molecular complexity index is 1470. The molecule has 2 unspecified atom stereocenters. The monoisotopic (exact) mass is 596 g/mol. The molecule has 0 radical (unpaired) electrons. The molecule has 2 atom stereocenters. The number of hydrogen-bond donors (Lipinski definition) is 1. The fraction of sp³-hybridized carbons (Fsp3) is 0.516. The standard InChI is InChI=1S/C31H35F3N6O3/c1-38-16-19-4-3-5-24(26(19)28(38)41)43-27-22(31(32,33)34)15-35-29(37-27)36-23-9-8-21(14-25(23)42-2)40-17-30(18-40)10-12-39(13-11-30)20-6-7-20/h3-5,8-9,14-15,20,23,25H,6-7,10-13,16-18H2,1-2H3,(H,35,36,37). The zero-order chi connectivity index (χ0) is 29.9. The van der Waals surface area contributed by atoms with Gasteiger partial charge in [-0.2, -0.15) is 18.2 Å². The summed E-state index contributed by atoms with van der Waals surface area (Å²) in [6.07, 6.45) is 6.74. The van der Waals surface area contributed by atoms with Gasteiger partial charge in [0.2, 0.25) is 11.8 Å². The Morgan fingerprint density at radius 3 is 2.60 bits per heavy atom. The summed E-state index contributed by atoms with van der Waals surface area (Å²) in [7, 11) is 3.23. The molecule has 1 saturated carbocycles. The third-order valence-electron chi connectivity index (χ3n) is 9.42. The van der Waals surface area contributed by atoms with Crippen molar-refractivity contribution in [2.24, 2.45) is 5.41 Å². The number of nitrogens with one attached hydrogen (secondary N) is 1. The molecule has 5 aliphatic rings. The van der Waals surface area contributed by atoms with Crippen molar-refractivity contribution in [1.29, 1.82) is 0 Å². The van der Waals surface area contributed by atoms with Gasteiger partial charge in [0, 0.05) is 57.1 Å². The molecule has 1 aromatic carbocycles. The predicted molar refractivity (Wildman–Crippen MR) is 153 cm³/mol. The maximum absolute atomic E-state index is 13.9. The molecule has 2 saturated heterocycles. The minimum Gasteiger partial charge on any atom is -0.437 e. The lowest BCUT2D eigenvalue weighted by atomic mass is 9.71. The van der Waals surface area contributed by atoms with Gasteiger partial charge in [0.15, 0.2) is 0 Å². The second kappa shape index (κ2) is 10.5. The van der Waals surface area contributed by atoms with Crippen LogP contribution in [-0.2, 0) is 17.5 Å². The number of ether oxygens (including phenoxy) is 2. The Kier molecular flexibility index (Phi) is 6.88. The molecule has 1 amide bonds. The number of allylic oxidation sites excluding steroid dienone is 1. The van der Waals surface area contributed by atoms with Gasteiger partial charge in [-0.3, -0.25) is 4.79 Å². The molecule has 228 valence electrons. The Balaban J connectivity index is 1.05. The summed E-state index contributed by atoms with van der Waals surface area (Å²) in [5.74, 6) is -1.02. The molecular weight excluding hydrogens is 561 g/mol. The van der Waals surface area contributed by atoms with E-state index in [-0.39, 0.29) is 29.3 Å². The van der Waals surface area contributed by atoms with E-state index in [1.165, 1.54) is 49.7 Å². The van der Waals surface area contributed by atoms with Gasteiger partial charge in [0.25, 0.3) is 5.91 Å². The van der Waals surface area contributed by atoms with Gasteiger partial charge in [-0.15, -0.1) is 0 Å². The highest BCUT2D eigenvalue weighted by molar-refractivity contribution is 6.00. The molecule has 2 aromatic rings. The number of anilines is 1. The first kappa shape index (κ1) is 28.1. The van der Waals surface area contributed by atoms with Crippen molar-refractivity contribution in [3.8, 4) is 11.6 Å². The number of carbonyl (C=O) groups excluding carboxylic acids is 1. The fourth-order valence-corrected chi connectivity index (χ4v) is 6.78. The number of carbonyl (C=O) groups is 1. The predicted octanol–water partition coefficient (Wildman–Crippen LogP) is 4.68. The zero-order valence-corrected chi connectivity index (χ0v) is 24.2. The first-order chi connectivity index (χ1) is 20.6. The largest absolute Gasteiger partial charge is 0.437 e. The smallest absolute Gasteiger partial charge is 0.423 e. The maximum Gasteiger partial charge on any atom is 0.423 e. The van der Waals surface area contributed by atoms with Crippen LogP contribution >= 0.6 is 0 Å². The quantitative estimate of drug-likeness (QED) is 0.494. The molecule has 1 aromatic heterocycles. The molecule has 3 aliphatic heterocycles. The number of benzene rings is 1. The number of methoxy groups -OCH3 is 1. The Hall–Kier alpha value is -3.64. The first-order valence-electron chi connectivity index (χ1n) is 14.8. The number of hydrogen-bond acceptors (Lipinski definition) is 8. The van der Waals surface area contributed by atoms with Crippen LogP contribution in [-0.4, -0.2) is 89.1 Å². The van der Waals surface area contributed by atoms with Gasteiger partial charge in [0.05, 0.1) is 11.6 Å². The van der Waals surface area contributed by atoms with E-state index in [0.717, 1.165) is 24.8 Å². The van der Waals surface area contributed by atoms with Gasteiger partial charge in [-0.05, 0) is 62.6 Å². The summed E-state index contributed by atoms with van der Waals surface area (Å²) in [5, 5.41) is 3.10. The van der Waals surface area contributed by atoms with E-state index in [9.17, 15) is 18.0 Å². The van der Waals surface area contributed by atoms with Crippen LogP contribution in [0.4, 0.5) is 19.1 Å². The van der Waals surface area contributed by atoms with Gasteiger partial charge < -0.3 is 29.5 Å². The molecule has 4 heterocycles. The van der Waals surface area contributed by atoms with E-state index in [1.54, 1.807) is 26.3 Å². The molecule has 7 rings (SSSR count). The van der Waals surface area contributed by atoms with Gasteiger partial charge >= 0.3 is 6.18 Å². The van der Waals surface area contributed by atoms with Crippen molar-refractivity contribution < 1.29 is 27.4 Å². The number of rotatable bonds is 7. The third-order valence-corrected chi connectivity index (χ3v) is 9.42. The van der Waals surface area contributed by atoms with Crippen LogP contribution in [0.5, 0.6) is 11.6 Å². The Labute approximate surface area is 248 Å². The number of aromatic nitrogens is 2. The number of alkyl halides is 3. The second-order valence-corrected chi connectivity index (χ2v) is 12.4. The van der Waals surface area contributed by atoms with Crippen molar-refractivity contribution in [3.05, 3.63) is 65.0 Å². The fourth-order valence-electron chi connectivity index (χ4n) is 6.78. The molecule has 12 heteroatoms. The van der Waals surface area contributed by atoms with E-state index in [2.05, 4.69) is 25.1 Å². The lowest BCUT2D eigenvalue weighted by molar-refractivity contribution is -0.139. The summed E-state index contributed by atoms with van der Waals surface area (Å²) in [5.41, 5.74) is 1.26. The number of likely N-dealkylation sites (tertiary alicyclic amines) is 2. The molecule has 43 heavy (non-hydrogen) atoms. The average Bonchev–Trinajstić information content (AvgIpc) is 3.77. The topological polar surface area (TPSA) is 83.1 Å². The van der Waals surface area contributed by atoms with Crippen molar-refractivity contribution >= 4 is 11.9 Å². The summed E-state index contributed by atoms with van der Waals surface area (Å²) in [4.78, 5) is 27.2. The van der Waals surface area contributed by atoms with Crippen LogP contribution in [0.3, 0.4) is 0 Å². The molecule has 9 nitrogen and oxygen atoms in total. The first-order valence-corrected chi connectivity index (χ1v) is 14.8. The molecule has 1 N–H and O–H groups in total. The summed E-state index contributed by atoms with van der Waals surface area (Å²) in [6, 6.07) is 5.28. The van der Waals surface area contributed by atoms with Crippen LogP contribution in [0.25, 0.3) is 0 Å². The summed E-state index contributed by atoms with van der Waals surface area (Å²) in [6.45, 7) is 4.80. The van der Waals surface area contributed by atoms with Crippen molar-refractivity contribution in [3.63, 3.8) is 0 Å². The SMILES string of the molecule is COC1C=C(N2CC3(CCN(C4CC4)CC3)C2)C=CC1Nc1ncc(C(F)(F)F)c(Oc2cccc3c2C(=O)N(C)C3)n1. The molecule has 1 spiro atoms. The Morgan fingerprint density at radius 1 is 1.14 bits per heavy atom. The van der Waals surface area contributed by atoms with Gasteiger partial charge in [-0.25, -0.2) is 4.98 Å². The highest BCUT2D eigenvalue weighted by atomic mass is 19.4. The van der Waals surface area contributed by atoms with Gasteiger partial charge in [0.1, 0.15) is 17.4 Å². The summed E-state index contributed by atoms with van der Waals surface area (Å²) < 4.78 is 53.2. The molecule has 0 bridgehead atoms. The lowest BCUT2D eigenvalue weighted by Crippen LogP contribution is -2.60. The number of piperidine rings is 1. The van der Waals surface area contributed by atoms with Crippen molar-refractivity contribution in [2.75, 3.05) is 45.7 Å². The lowest BCUT2D eigenvalue weighted by Gasteiger charge is -2.56. The van der Waals surface area contributed by atoms with Crippen LogP contribution in [0, 0.1) is 5.41 Å². The minimum absolute atomic E-state index is 0.0208. The van der Waals surface area contributed by atoms with E-state index < -0.39 is 23.7 Å². The number of amides is 1. The van der Waals surface area contributed by atoms with Crippen molar-refractivity contribution in [2.45, 2.75) is 56.6 Å². The van der Waals surface area contributed by atoms with Crippen LogP contribution in [0.15, 0.2) is 48.3 Å². The third kappa shape index (κ3) is 5.35. The molecule has 2 aliphatic carbocycles. The van der Waals surface area contributed by atoms with Crippen LogP contribution < -0.4 is 10.1 Å². The minimum atomic E-state index is -4.76. The highest BCUT2D eigenvalue weighted by Crippen LogP contribution is 2.45. The Morgan fingerprint density at radius 2 is 1.91 bits per heavy atom. The number of halogens is 3. The summed E-state index contributed by atoms with van der Waals surface area (Å²) >= 11 is 0. The van der Waals surface area contributed by atoms with Crippen molar-refractivity contribution in [1.82, 2.24) is 24.7 Å². The van der Waals surface area contributed by atoms with E-state index in [0.29, 0.717) is 23.7 Å². The van der Waals surface area contributed by atoms with E-state index in [4.69, 9.17) is 9.47 Å². The van der Waals surface area contributed by atoms with E-state index >= 15 is 0 Å². The molecule has 3 fully saturated rings. The number of fused-ring (bicyclic) bond motifs is 1. The van der Waals surface area contributed by atoms with Crippen LogP contribution in [0.2, 0.25) is 0 Å². The van der Waals surface area contributed by atoms with Gasteiger partial charge in [-0.1, -0.05) is 18.2 Å². The molecular formula is C31H35F3N6O3.